The molecule has 0 saturated carbocycles. The molecule has 0 saturated heterocycles. The molecule has 0 unspecified atom stereocenters. The first-order valence-electron chi connectivity index (χ1n) is 6.51. The second kappa shape index (κ2) is 6.79. The van der Waals surface area contributed by atoms with Crippen LogP contribution in [0.1, 0.15) is 12.0 Å². The molecule has 0 fully saturated rings. The Morgan fingerprint density at radius 3 is 3.00 bits per heavy atom. The number of benzene rings is 1. The lowest BCUT2D eigenvalue weighted by Gasteiger charge is -2.15. The maximum atomic E-state index is 4.40. The van der Waals surface area contributed by atoms with Crippen molar-refractivity contribution in [1.29, 1.82) is 0 Å². The predicted molar refractivity (Wildman–Crippen MR) is 90.3 cm³/mol. The van der Waals surface area contributed by atoms with Gasteiger partial charge in [0.05, 0.1) is 0 Å². The number of guanidine groups is 1. The minimum absolute atomic E-state index is 0. The van der Waals surface area contributed by atoms with E-state index in [0.717, 1.165) is 38.4 Å². The van der Waals surface area contributed by atoms with Crippen molar-refractivity contribution in [2.24, 2.45) is 4.99 Å². The van der Waals surface area contributed by atoms with E-state index in [-0.39, 0.29) is 24.0 Å². The molecule has 0 atom stereocenters. The zero-order chi connectivity index (χ0) is 12.2. The van der Waals surface area contributed by atoms with Crippen molar-refractivity contribution in [2.75, 3.05) is 19.6 Å². The van der Waals surface area contributed by atoms with Crippen LogP contribution in [-0.4, -0.2) is 30.6 Å². The first-order chi connectivity index (χ1) is 8.93. The van der Waals surface area contributed by atoms with Crippen LogP contribution in [0.3, 0.4) is 0 Å². The molecule has 0 spiro atoms. The van der Waals surface area contributed by atoms with Crippen molar-refractivity contribution in [2.45, 2.75) is 12.8 Å². The third-order valence-electron chi connectivity index (χ3n) is 3.26. The van der Waals surface area contributed by atoms with Gasteiger partial charge in [0, 0.05) is 36.7 Å². The van der Waals surface area contributed by atoms with E-state index in [1.165, 1.54) is 16.5 Å². The molecule has 0 amide bonds. The van der Waals surface area contributed by atoms with Gasteiger partial charge in [-0.3, -0.25) is 4.99 Å². The fourth-order valence-electron chi connectivity index (χ4n) is 2.31. The monoisotopic (exact) mass is 370 g/mol. The smallest absolute Gasteiger partial charge is 0.191 e. The lowest BCUT2D eigenvalue weighted by Crippen LogP contribution is -2.41. The second-order valence-corrected chi connectivity index (χ2v) is 4.55. The summed E-state index contributed by atoms with van der Waals surface area (Å²) in [5.41, 5.74) is 2.56. The molecular formula is C14H19IN4. The molecular weight excluding hydrogens is 351 g/mol. The Labute approximate surface area is 130 Å². The number of halogens is 1. The Morgan fingerprint density at radius 1 is 1.26 bits per heavy atom. The summed E-state index contributed by atoms with van der Waals surface area (Å²) in [4.78, 5) is 7.70. The first kappa shape index (κ1) is 14.2. The molecule has 0 bridgehead atoms. The maximum Gasteiger partial charge on any atom is 0.191 e. The molecule has 102 valence electrons. The Bertz CT molecular complexity index is 561. The fraction of sp³-hybridized carbons (Fsp3) is 0.357. The molecule has 1 aliphatic heterocycles. The summed E-state index contributed by atoms with van der Waals surface area (Å²) in [6.07, 6.45) is 4.24. The zero-order valence-corrected chi connectivity index (χ0v) is 13.1. The van der Waals surface area contributed by atoms with Crippen LogP contribution >= 0.6 is 24.0 Å². The highest BCUT2D eigenvalue weighted by Gasteiger charge is 2.05. The minimum Gasteiger partial charge on any atom is -0.361 e. The van der Waals surface area contributed by atoms with E-state index in [0.29, 0.717) is 0 Å². The van der Waals surface area contributed by atoms with Crippen molar-refractivity contribution in [3.8, 4) is 0 Å². The number of aromatic nitrogens is 1. The summed E-state index contributed by atoms with van der Waals surface area (Å²) in [7, 11) is 0. The van der Waals surface area contributed by atoms with Crippen molar-refractivity contribution >= 4 is 40.8 Å². The molecule has 1 aromatic heterocycles. The van der Waals surface area contributed by atoms with Crippen LogP contribution in [0.5, 0.6) is 0 Å². The number of aromatic amines is 1. The van der Waals surface area contributed by atoms with Crippen LogP contribution in [0, 0.1) is 0 Å². The summed E-state index contributed by atoms with van der Waals surface area (Å²) < 4.78 is 0. The maximum absolute atomic E-state index is 4.40. The number of aliphatic imine (C=N–C) groups is 1. The highest BCUT2D eigenvalue weighted by atomic mass is 127. The van der Waals surface area contributed by atoms with Crippen LogP contribution < -0.4 is 10.6 Å². The van der Waals surface area contributed by atoms with E-state index in [4.69, 9.17) is 0 Å². The van der Waals surface area contributed by atoms with Gasteiger partial charge in [-0.1, -0.05) is 18.2 Å². The average molecular weight is 370 g/mol. The molecule has 5 heteroatoms. The van der Waals surface area contributed by atoms with Gasteiger partial charge in [-0.05, 0) is 24.5 Å². The number of nitrogens with one attached hydrogen (secondary N) is 3. The summed E-state index contributed by atoms with van der Waals surface area (Å²) in [6.45, 7) is 2.87. The van der Waals surface area contributed by atoms with E-state index >= 15 is 0 Å². The standard InChI is InChI=1S/C14H18N4.HI/c1-2-5-13-12(4-1)11(10-18-13)6-9-17-14-15-7-3-8-16-14;/h1-2,4-5,10,18H,3,6-9H2,(H2,15,16,17);1H. The van der Waals surface area contributed by atoms with Crippen molar-refractivity contribution in [3.05, 3.63) is 36.0 Å². The normalized spacial score (nSPS) is 14.4. The van der Waals surface area contributed by atoms with Gasteiger partial charge in [0.25, 0.3) is 0 Å². The third kappa shape index (κ3) is 3.40. The summed E-state index contributed by atoms with van der Waals surface area (Å²) in [5, 5.41) is 7.93. The van der Waals surface area contributed by atoms with Crippen LogP contribution in [0.25, 0.3) is 10.9 Å². The predicted octanol–water partition coefficient (Wildman–Crippen LogP) is 2.27. The highest BCUT2D eigenvalue weighted by molar-refractivity contribution is 14.0. The molecule has 0 aliphatic carbocycles. The molecule has 3 N–H and O–H groups in total. The van der Waals surface area contributed by atoms with Crippen LogP contribution in [-0.2, 0) is 6.42 Å². The summed E-state index contributed by atoms with van der Waals surface area (Å²) in [5.74, 6) is 0.945. The molecule has 1 aliphatic rings. The highest BCUT2D eigenvalue weighted by Crippen LogP contribution is 2.17. The van der Waals surface area contributed by atoms with Crippen LogP contribution in [0.4, 0.5) is 0 Å². The largest absolute Gasteiger partial charge is 0.361 e. The van der Waals surface area contributed by atoms with Gasteiger partial charge in [0.2, 0.25) is 0 Å². The molecule has 4 nitrogen and oxygen atoms in total. The second-order valence-electron chi connectivity index (χ2n) is 4.55. The number of H-pyrrole nitrogens is 1. The van der Waals surface area contributed by atoms with E-state index in [9.17, 15) is 0 Å². The lowest BCUT2D eigenvalue weighted by molar-refractivity contribution is 0.700. The van der Waals surface area contributed by atoms with E-state index in [2.05, 4.69) is 51.1 Å². The van der Waals surface area contributed by atoms with Crippen LogP contribution in [0.2, 0.25) is 0 Å². The molecule has 0 radical (unpaired) electrons. The average Bonchev–Trinajstić information content (AvgIpc) is 2.84. The van der Waals surface area contributed by atoms with Crippen molar-refractivity contribution in [1.82, 2.24) is 15.6 Å². The van der Waals surface area contributed by atoms with E-state index < -0.39 is 0 Å². The molecule has 3 rings (SSSR count). The molecule has 2 heterocycles. The Kier molecular flexibility index (Phi) is 5.07. The summed E-state index contributed by atoms with van der Waals surface area (Å²) >= 11 is 0. The quantitative estimate of drug-likeness (QED) is 0.727. The third-order valence-corrected chi connectivity index (χ3v) is 3.26. The molecule has 19 heavy (non-hydrogen) atoms. The minimum atomic E-state index is 0. The number of para-hydroxylation sites is 1. The molecule has 2 aromatic rings. The van der Waals surface area contributed by atoms with Gasteiger partial charge in [-0.2, -0.15) is 0 Å². The number of rotatable bonds is 3. The Hall–Kier alpha value is -1.24. The lowest BCUT2D eigenvalue weighted by atomic mass is 10.1. The van der Waals surface area contributed by atoms with Gasteiger partial charge in [0.15, 0.2) is 5.96 Å². The Balaban J connectivity index is 0.00000133. The van der Waals surface area contributed by atoms with Crippen molar-refractivity contribution < 1.29 is 0 Å². The number of hydrogen-bond donors (Lipinski definition) is 3. The SMILES string of the molecule is I.c1ccc2c(CCNC3=NCCCN3)c[nH]c2c1. The number of hydrogen-bond acceptors (Lipinski definition) is 3. The first-order valence-corrected chi connectivity index (χ1v) is 6.51. The van der Waals surface area contributed by atoms with E-state index in [1.807, 2.05) is 0 Å². The Morgan fingerprint density at radius 2 is 2.16 bits per heavy atom. The van der Waals surface area contributed by atoms with Gasteiger partial charge in [0.1, 0.15) is 0 Å². The van der Waals surface area contributed by atoms with Gasteiger partial charge in [-0.15, -0.1) is 24.0 Å². The zero-order valence-electron chi connectivity index (χ0n) is 10.8. The van der Waals surface area contributed by atoms with Gasteiger partial charge >= 0.3 is 0 Å². The van der Waals surface area contributed by atoms with E-state index in [1.54, 1.807) is 0 Å². The van der Waals surface area contributed by atoms with Gasteiger partial charge in [-0.25, -0.2) is 0 Å². The fourth-order valence-corrected chi connectivity index (χ4v) is 2.31. The van der Waals surface area contributed by atoms with Crippen molar-refractivity contribution in [3.63, 3.8) is 0 Å². The number of nitrogens with zero attached hydrogens (tertiary/aromatic N) is 1. The topological polar surface area (TPSA) is 52.2 Å². The molecule has 1 aromatic carbocycles. The van der Waals surface area contributed by atoms with Crippen LogP contribution in [0.15, 0.2) is 35.5 Å². The number of fused-ring (bicyclic) bond motifs is 1. The van der Waals surface area contributed by atoms with Gasteiger partial charge < -0.3 is 15.6 Å². The summed E-state index contributed by atoms with van der Waals surface area (Å²) in [6, 6.07) is 8.41.